The van der Waals surface area contributed by atoms with Crippen LogP contribution in [0.5, 0.6) is 5.75 Å². The van der Waals surface area contributed by atoms with E-state index in [9.17, 15) is 4.79 Å². The van der Waals surface area contributed by atoms with Crippen molar-refractivity contribution in [3.8, 4) is 17.1 Å². The molecule has 0 aliphatic rings. The highest BCUT2D eigenvalue weighted by atomic mass is 32.2. The van der Waals surface area contributed by atoms with E-state index in [0.717, 1.165) is 5.56 Å². The number of methoxy groups -OCH3 is 1. The Balaban J connectivity index is 1.76. The Morgan fingerprint density at radius 3 is 2.79 bits per heavy atom. The number of benzene rings is 1. The van der Waals surface area contributed by atoms with Crippen LogP contribution >= 0.6 is 11.8 Å². The Morgan fingerprint density at radius 2 is 2.04 bits per heavy atom. The van der Waals surface area contributed by atoms with Gasteiger partial charge in [-0.15, -0.1) is 0 Å². The lowest BCUT2D eigenvalue weighted by Crippen LogP contribution is -2.14. The molecular weight excluding hydrogens is 328 g/mol. The second kappa shape index (κ2) is 6.88. The molecule has 2 heterocycles. The first-order valence-corrected chi connectivity index (χ1v) is 8.23. The number of hydrogen-bond acceptors (Lipinski definition) is 7. The number of H-pyrrole nitrogens is 1. The standard InChI is InChI=1S/C16H16N4O3S/c1-9-10(2)17-16(19-15(9)21)24-8-13-18-14(20-23-13)11-6-4-5-7-12(11)22-3/h4-7H,8H2,1-3H3,(H,17,19,21). The van der Waals surface area contributed by atoms with Gasteiger partial charge in [-0.1, -0.05) is 29.1 Å². The van der Waals surface area contributed by atoms with Crippen molar-refractivity contribution in [1.29, 1.82) is 0 Å². The molecule has 7 nitrogen and oxygen atoms in total. The van der Waals surface area contributed by atoms with Gasteiger partial charge in [0.15, 0.2) is 5.16 Å². The lowest BCUT2D eigenvalue weighted by molar-refractivity contribution is 0.390. The number of aromatic nitrogens is 4. The van der Waals surface area contributed by atoms with Crippen molar-refractivity contribution in [2.24, 2.45) is 0 Å². The molecule has 0 saturated carbocycles. The maximum absolute atomic E-state index is 11.8. The molecule has 1 aromatic carbocycles. The fraction of sp³-hybridized carbons (Fsp3) is 0.250. The lowest BCUT2D eigenvalue weighted by Gasteiger charge is -2.03. The van der Waals surface area contributed by atoms with E-state index in [2.05, 4.69) is 20.1 Å². The van der Waals surface area contributed by atoms with Crippen molar-refractivity contribution in [3.63, 3.8) is 0 Å². The fourth-order valence-corrected chi connectivity index (χ4v) is 2.81. The Bertz CT molecular complexity index is 920. The van der Waals surface area contributed by atoms with Crippen LogP contribution in [0.1, 0.15) is 17.1 Å². The molecule has 0 saturated heterocycles. The van der Waals surface area contributed by atoms with E-state index in [1.165, 1.54) is 11.8 Å². The maximum atomic E-state index is 11.8. The predicted octanol–water partition coefficient (Wildman–Crippen LogP) is 2.74. The van der Waals surface area contributed by atoms with Gasteiger partial charge in [0.1, 0.15) is 5.75 Å². The number of ether oxygens (including phenoxy) is 1. The third-order valence-electron chi connectivity index (χ3n) is 3.52. The number of para-hydroxylation sites is 1. The van der Waals surface area contributed by atoms with Crippen LogP contribution in [0.25, 0.3) is 11.4 Å². The molecule has 0 aliphatic carbocycles. The van der Waals surface area contributed by atoms with Crippen molar-refractivity contribution < 1.29 is 9.26 Å². The van der Waals surface area contributed by atoms with Gasteiger partial charge in [-0.05, 0) is 26.0 Å². The molecule has 8 heteroatoms. The summed E-state index contributed by atoms with van der Waals surface area (Å²) in [4.78, 5) is 23.2. The van der Waals surface area contributed by atoms with Gasteiger partial charge in [-0.2, -0.15) is 4.98 Å². The van der Waals surface area contributed by atoms with Gasteiger partial charge in [-0.25, -0.2) is 4.98 Å². The topological polar surface area (TPSA) is 93.9 Å². The molecule has 0 radical (unpaired) electrons. The van der Waals surface area contributed by atoms with E-state index in [1.807, 2.05) is 24.3 Å². The molecule has 2 aromatic heterocycles. The molecule has 0 aliphatic heterocycles. The summed E-state index contributed by atoms with van der Waals surface area (Å²) in [5, 5.41) is 4.51. The molecule has 0 unspecified atom stereocenters. The van der Waals surface area contributed by atoms with Crippen LogP contribution < -0.4 is 10.3 Å². The van der Waals surface area contributed by atoms with E-state index in [4.69, 9.17) is 9.26 Å². The van der Waals surface area contributed by atoms with Crippen LogP contribution in [0.2, 0.25) is 0 Å². The summed E-state index contributed by atoms with van der Waals surface area (Å²) >= 11 is 1.33. The molecule has 1 N–H and O–H groups in total. The van der Waals surface area contributed by atoms with Crippen molar-refractivity contribution in [1.82, 2.24) is 20.1 Å². The lowest BCUT2D eigenvalue weighted by atomic mass is 10.2. The first kappa shape index (κ1) is 16.3. The number of nitrogens with one attached hydrogen (secondary N) is 1. The van der Waals surface area contributed by atoms with Gasteiger partial charge in [-0.3, -0.25) is 4.79 Å². The highest BCUT2D eigenvalue weighted by Gasteiger charge is 2.13. The van der Waals surface area contributed by atoms with Crippen LogP contribution in [-0.2, 0) is 5.75 Å². The van der Waals surface area contributed by atoms with Crippen molar-refractivity contribution >= 4 is 11.8 Å². The molecule has 0 bridgehead atoms. The highest BCUT2D eigenvalue weighted by Crippen LogP contribution is 2.28. The summed E-state index contributed by atoms with van der Waals surface area (Å²) in [6.07, 6.45) is 0. The zero-order valence-corrected chi connectivity index (χ0v) is 14.3. The summed E-state index contributed by atoms with van der Waals surface area (Å²) in [7, 11) is 1.59. The first-order valence-electron chi connectivity index (χ1n) is 7.24. The third-order valence-corrected chi connectivity index (χ3v) is 4.38. The minimum atomic E-state index is -0.134. The Kier molecular flexibility index (Phi) is 4.66. The maximum Gasteiger partial charge on any atom is 0.254 e. The summed E-state index contributed by atoms with van der Waals surface area (Å²) in [5.74, 6) is 2.00. The van der Waals surface area contributed by atoms with Crippen molar-refractivity contribution in [2.75, 3.05) is 7.11 Å². The molecule has 0 fully saturated rings. The van der Waals surface area contributed by atoms with Crippen LogP contribution in [-0.4, -0.2) is 27.2 Å². The van der Waals surface area contributed by atoms with Crippen molar-refractivity contribution in [2.45, 2.75) is 24.8 Å². The minimum absolute atomic E-state index is 0.134. The molecule has 0 amide bonds. The fourth-order valence-electron chi connectivity index (χ4n) is 2.07. The second-order valence-electron chi connectivity index (χ2n) is 5.08. The van der Waals surface area contributed by atoms with Crippen LogP contribution in [0.15, 0.2) is 38.7 Å². The average Bonchev–Trinajstić information content (AvgIpc) is 3.06. The zero-order valence-electron chi connectivity index (χ0n) is 13.5. The molecule has 0 spiro atoms. The molecule has 0 atom stereocenters. The Hall–Kier alpha value is -2.61. The normalized spacial score (nSPS) is 10.8. The smallest absolute Gasteiger partial charge is 0.254 e. The van der Waals surface area contributed by atoms with Gasteiger partial charge in [0.2, 0.25) is 11.7 Å². The van der Waals surface area contributed by atoms with Gasteiger partial charge < -0.3 is 14.2 Å². The third kappa shape index (κ3) is 3.33. The van der Waals surface area contributed by atoms with Crippen molar-refractivity contribution in [3.05, 3.63) is 51.8 Å². The van der Waals surface area contributed by atoms with Crippen LogP contribution in [0.3, 0.4) is 0 Å². The number of thioether (sulfide) groups is 1. The molecule has 3 rings (SSSR count). The Morgan fingerprint density at radius 1 is 1.25 bits per heavy atom. The zero-order chi connectivity index (χ0) is 17.1. The number of rotatable bonds is 5. The number of nitrogens with zero attached hydrogens (tertiary/aromatic N) is 3. The largest absolute Gasteiger partial charge is 0.496 e. The molecular formula is C16H16N4O3S. The number of hydrogen-bond donors (Lipinski definition) is 1. The number of aromatic amines is 1. The van der Waals surface area contributed by atoms with Crippen LogP contribution in [0, 0.1) is 13.8 Å². The summed E-state index contributed by atoms with van der Waals surface area (Å²) in [6.45, 7) is 3.55. The van der Waals surface area contributed by atoms with Gasteiger partial charge in [0.25, 0.3) is 5.56 Å². The summed E-state index contributed by atoms with van der Waals surface area (Å²) in [6, 6.07) is 7.46. The molecule has 3 aromatic rings. The SMILES string of the molecule is COc1ccccc1-c1noc(CSc2nc(C)c(C)c(=O)[nH]2)n1. The van der Waals surface area contributed by atoms with E-state index >= 15 is 0 Å². The monoisotopic (exact) mass is 344 g/mol. The Labute approximate surface area is 142 Å². The quantitative estimate of drug-likeness (QED) is 0.562. The van der Waals surface area contributed by atoms with E-state index in [-0.39, 0.29) is 5.56 Å². The summed E-state index contributed by atoms with van der Waals surface area (Å²) in [5.41, 5.74) is 1.96. The average molecular weight is 344 g/mol. The first-order chi connectivity index (χ1) is 11.6. The second-order valence-corrected chi connectivity index (χ2v) is 6.05. The van der Waals surface area contributed by atoms with E-state index in [1.54, 1.807) is 21.0 Å². The molecule has 24 heavy (non-hydrogen) atoms. The predicted molar refractivity (Wildman–Crippen MR) is 90.2 cm³/mol. The highest BCUT2D eigenvalue weighted by molar-refractivity contribution is 7.98. The summed E-state index contributed by atoms with van der Waals surface area (Å²) < 4.78 is 10.6. The molecule has 124 valence electrons. The minimum Gasteiger partial charge on any atom is -0.496 e. The van der Waals surface area contributed by atoms with Crippen LogP contribution in [0.4, 0.5) is 0 Å². The van der Waals surface area contributed by atoms with Gasteiger partial charge >= 0.3 is 0 Å². The van der Waals surface area contributed by atoms with E-state index < -0.39 is 0 Å². The number of aryl methyl sites for hydroxylation is 1. The van der Waals surface area contributed by atoms with Gasteiger partial charge in [0, 0.05) is 11.3 Å². The van der Waals surface area contributed by atoms with E-state index in [0.29, 0.717) is 39.6 Å². The van der Waals surface area contributed by atoms with Gasteiger partial charge in [0.05, 0.1) is 18.4 Å².